The first kappa shape index (κ1) is 13.3. The van der Waals surface area contributed by atoms with Crippen LogP contribution in [-0.4, -0.2) is 4.98 Å². The molecule has 0 amide bonds. The summed E-state index contributed by atoms with van der Waals surface area (Å²) in [7, 11) is 0. The number of pyridine rings is 1. The van der Waals surface area contributed by atoms with Crippen LogP contribution in [0.25, 0.3) is 0 Å². The molecule has 64 valence electrons. The fraction of sp³-hybridized carbons (Fsp3) is 0.167. The molecule has 1 heterocycles. The summed E-state index contributed by atoms with van der Waals surface area (Å²) in [4.78, 5) is 3.79. The Balaban J connectivity index is 0. The molecule has 0 unspecified atom stereocenters. The first-order valence-corrected chi connectivity index (χ1v) is 2.68. The molecule has 1 rings (SSSR count). The molecule has 0 fully saturated rings. The van der Waals surface area contributed by atoms with Crippen LogP contribution in [0.2, 0.25) is 0 Å². The molecule has 0 spiro atoms. The van der Waals surface area contributed by atoms with E-state index in [4.69, 9.17) is 11.5 Å². The number of hydrogen-bond donors (Lipinski definition) is 2. The van der Waals surface area contributed by atoms with E-state index in [2.05, 4.69) is 4.98 Å². The van der Waals surface area contributed by atoms with Crippen molar-refractivity contribution in [1.82, 2.24) is 4.98 Å². The Bertz CT molecular complexity index is 207. The van der Waals surface area contributed by atoms with Crippen molar-refractivity contribution in [3.63, 3.8) is 0 Å². The van der Waals surface area contributed by atoms with Crippen LogP contribution in [0.3, 0.4) is 0 Å². The molecule has 0 bridgehead atoms. The van der Waals surface area contributed by atoms with E-state index in [0.29, 0.717) is 11.5 Å². The van der Waals surface area contributed by atoms with Crippen LogP contribution in [0.4, 0.5) is 11.5 Å². The van der Waals surface area contributed by atoms with Crippen molar-refractivity contribution in [3.8, 4) is 0 Å². The third-order valence-corrected chi connectivity index (χ3v) is 1.24. The molecule has 0 radical (unpaired) electrons. The fourth-order valence-electron chi connectivity index (χ4n) is 0.591. The number of aromatic nitrogens is 1. The zero-order valence-electron chi connectivity index (χ0n) is 6.07. The van der Waals surface area contributed by atoms with Gasteiger partial charge in [0.25, 0.3) is 0 Å². The second-order valence-electron chi connectivity index (χ2n) is 1.93. The minimum absolute atomic E-state index is 0. The highest BCUT2D eigenvalue weighted by Gasteiger charge is 1.95. The van der Waals surface area contributed by atoms with Crippen LogP contribution in [-0.2, 0) is 0 Å². The Morgan fingerprint density at radius 2 is 1.82 bits per heavy atom. The van der Waals surface area contributed by atoms with Crippen LogP contribution >= 0.6 is 34.0 Å². The summed E-state index contributed by atoms with van der Waals surface area (Å²) in [5.74, 6) is 0.412. The third kappa shape index (κ3) is 3.07. The van der Waals surface area contributed by atoms with Gasteiger partial charge in [-0.2, -0.15) is 0 Å². The quantitative estimate of drug-likeness (QED) is 0.762. The van der Waals surface area contributed by atoms with E-state index >= 15 is 0 Å². The zero-order valence-corrected chi connectivity index (χ0v) is 9.50. The Morgan fingerprint density at radius 3 is 2.18 bits per heavy atom. The van der Waals surface area contributed by atoms with E-state index in [1.54, 1.807) is 6.20 Å². The van der Waals surface area contributed by atoms with Crippen molar-refractivity contribution in [2.75, 3.05) is 11.5 Å². The standard InChI is InChI=1S/C6H9N3.2BrH/c1-4-2-3-9-6(8)5(4)7;;/h2-3H,7H2,1H3,(H2,8,9);2*1H. The number of nitrogens with two attached hydrogens (primary N) is 2. The third-order valence-electron chi connectivity index (χ3n) is 1.24. The van der Waals surface area contributed by atoms with E-state index in [1.807, 2.05) is 13.0 Å². The maximum absolute atomic E-state index is 5.49. The molecule has 4 N–H and O–H groups in total. The predicted molar refractivity (Wildman–Crippen MR) is 58.4 cm³/mol. The van der Waals surface area contributed by atoms with Gasteiger partial charge in [-0.1, -0.05) is 0 Å². The second-order valence-corrected chi connectivity index (χ2v) is 1.93. The van der Waals surface area contributed by atoms with Gasteiger partial charge in [0.1, 0.15) is 5.82 Å². The van der Waals surface area contributed by atoms with Crippen LogP contribution in [0.1, 0.15) is 5.56 Å². The maximum Gasteiger partial charge on any atom is 0.146 e. The summed E-state index contributed by atoms with van der Waals surface area (Å²) in [6, 6.07) is 1.83. The Labute approximate surface area is 86.7 Å². The van der Waals surface area contributed by atoms with Crippen LogP contribution in [0.15, 0.2) is 12.3 Å². The van der Waals surface area contributed by atoms with Crippen LogP contribution in [0.5, 0.6) is 0 Å². The Morgan fingerprint density at radius 1 is 1.27 bits per heavy atom. The van der Waals surface area contributed by atoms with Gasteiger partial charge in [0, 0.05) is 6.20 Å². The SMILES string of the molecule is Br.Br.Cc1ccnc(N)c1N. The summed E-state index contributed by atoms with van der Waals surface area (Å²) in [5.41, 5.74) is 12.4. The normalized spacial score (nSPS) is 7.73. The number of nitrogen functional groups attached to an aromatic ring is 2. The first-order valence-electron chi connectivity index (χ1n) is 2.68. The number of nitrogens with zero attached hydrogens (tertiary/aromatic N) is 1. The number of aryl methyl sites for hydroxylation is 1. The molecule has 11 heavy (non-hydrogen) atoms. The lowest BCUT2D eigenvalue weighted by Crippen LogP contribution is -1.98. The van der Waals surface area contributed by atoms with Crippen molar-refractivity contribution in [1.29, 1.82) is 0 Å². The van der Waals surface area contributed by atoms with E-state index in [1.165, 1.54) is 0 Å². The molecule has 0 aromatic carbocycles. The molecule has 1 aromatic heterocycles. The molecule has 0 saturated carbocycles. The minimum atomic E-state index is 0. The van der Waals surface area contributed by atoms with Crippen molar-refractivity contribution in [2.45, 2.75) is 6.92 Å². The number of rotatable bonds is 0. The molecular formula is C6H11Br2N3. The highest BCUT2D eigenvalue weighted by Crippen LogP contribution is 2.13. The van der Waals surface area contributed by atoms with Gasteiger partial charge in [-0.25, -0.2) is 4.98 Å². The summed E-state index contributed by atoms with van der Waals surface area (Å²) < 4.78 is 0. The van der Waals surface area contributed by atoms with Gasteiger partial charge >= 0.3 is 0 Å². The monoisotopic (exact) mass is 283 g/mol. The topological polar surface area (TPSA) is 64.9 Å². The molecule has 5 heteroatoms. The van der Waals surface area contributed by atoms with Crippen LogP contribution < -0.4 is 11.5 Å². The second kappa shape index (κ2) is 5.37. The van der Waals surface area contributed by atoms with Gasteiger partial charge in [0.2, 0.25) is 0 Å². The molecule has 0 saturated heterocycles. The fourth-order valence-corrected chi connectivity index (χ4v) is 0.591. The molecule has 1 aromatic rings. The Kier molecular flexibility index (Phi) is 6.50. The van der Waals surface area contributed by atoms with Crippen molar-refractivity contribution in [3.05, 3.63) is 17.8 Å². The van der Waals surface area contributed by atoms with Gasteiger partial charge in [0.15, 0.2) is 0 Å². The molecule has 0 atom stereocenters. The first-order chi connectivity index (χ1) is 4.22. The number of hydrogen-bond acceptors (Lipinski definition) is 3. The highest BCUT2D eigenvalue weighted by atomic mass is 79.9. The van der Waals surface area contributed by atoms with E-state index in [-0.39, 0.29) is 34.0 Å². The van der Waals surface area contributed by atoms with Gasteiger partial charge in [-0.15, -0.1) is 34.0 Å². The molecule has 3 nitrogen and oxygen atoms in total. The van der Waals surface area contributed by atoms with Crippen molar-refractivity contribution < 1.29 is 0 Å². The summed E-state index contributed by atoms with van der Waals surface area (Å²) in [5, 5.41) is 0. The van der Waals surface area contributed by atoms with E-state index < -0.39 is 0 Å². The van der Waals surface area contributed by atoms with E-state index in [0.717, 1.165) is 5.56 Å². The average Bonchev–Trinajstić information content (AvgIpc) is 1.83. The van der Waals surface area contributed by atoms with Gasteiger partial charge < -0.3 is 11.5 Å². The van der Waals surface area contributed by atoms with E-state index in [9.17, 15) is 0 Å². The summed E-state index contributed by atoms with van der Waals surface area (Å²) in [6.45, 7) is 1.90. The summed E-state index contributed by atoms with van der Waals surface area (Å²) >= 11 is 0. The number of anilines is 2. The molecular weight excluding hydrogens is 274 g/mol. The Hall–Kier alpha value is -0.290. The predicted octanol–water partition coefficient (Wildman–Crippen LogP) is 1.71. The molecule has 0 aliphatic carbocycles. The molecule has 0 aliphatic heterocycles. The molecule has 0 aliphatic rings. The minimum Gasteiger partial charge on any atom is -0.396 e. The summed E-state index contributed by atoms with van der Waals surface area (Å²) in [6.07, 6.45) is 1.64. The largest absolute Gasteiger partial charge is 0.396 e. The highest BCUT2D eigenvalue weighted by molar-refractivity contribution is 8.93. The number of halogens is 2. The lowest BCUT2D eigenvalue weighted by molar-refractivity contribution is 1.30. The zero-order chi connectivity index (χ0) is 6.85. The average molecular weight is 285 g/mol. The maximum atomic E-state index is 5.49. The van der Waals surface area contributed by atoms with Crippen molar-refractivity contribution in [2.24, 2.45) is 0 Å². The van der Waals surface area contributed by atoms with Gasteiger partial charge in [-0.05, 0) is 18.6 Å². The van der Waals surface area contributed by atoms with Gasteiger partial charge in [-0.3, -0.25) is 0 Å². The van der Waals surface area contributed by atoms with Crippen molar-refractivity contribution >= 4 is 45.5 Å². The van der Waals surface area contributed by atoms with Crippen LogP contribution in [0, 0.1) is 6.92 Å². The smallest absolute Gasteiger partial charge is 0.146 e. The lowest BCUT2D eigenvalue weighted by Gasteiger charge is -1.99. The lowest BCUT2D eigenvalue weighted by atomic mass is 10.2. The van der Waals surface area contributed by atoms with Gasteiger partial charge in [0.05, 0.1) is 5.69 Å².